The minimum Gasteiger partial charge on any atom is -0.404 e. The van der Waals surface area contributed by atoms with Gasteiger partial charge in [0.2, 0.25) is 5.91 Å². The third-order valence-corrected chi connectivity index (χ3v) is 2.15. The number of carbonyl (C=O) groups excluding carboxylic acids is 1. The summed E-state index contributed by atoms with van der Waals surface area (Å²) < 4.78 is 4.95. The molecule has 0 unspecified atom stereocenters. The van der Waals surface area contributed by atoms with Gasteiger partial charge in [-0.05, 0) is 25.5 Å². The van der Waals surface area contributed by atoms with E-state index in [4.69, 9.17) is 10.2 Å². The van der Waals surface area contributed by atoms with Gasteiger partial charge in [0.1, 0.15) is 10.7 Å². The van der Waals surface area contributed by atoms with Crippen LogP contribution < -0.4 is 11.1 Å². The summed E-state index contributed by atoms with van der Waals surface area (Å²) in [5.41, 5.74) is 4.99. The molecule has 0 saturated carbocycles. The molecular weight excluding hydrogens is 226 g/mol. The fourth-order valence-electron chi connectivity index (χ4n) is 1.32. The van der Waals surface area contributed by atoms with Crippen molar-refractivity contribution in [2.45, 2.75) is 25.8 Å². The van der Waals surface area contributed by atoms with Gasteiger partial charge in [-0.25, -0.2) is 0 Å². The van der Waals surface area contributed by atoms with E-state index in [1.165, 1.54) is 6.07 Å². The molecule has 0 spiro atoms. The second-order valence-corrected chi connectivity index (χ2v) is 3.60. The van der Waals surface area contributed by atoms with Crippen LogP contribution in [0.15, 0.2) is 16.5 Å². The lowest BCUT2D eigenvalue weighted by Crippen LogP contribution is -2.15. The van der Waals surface area contributed by atoms with Crippen LogP contribution in [0.5, 0.6) is 0 Å². The zero-order chi connectivity index (χ0) is 12.7. The molecule has 0 aliphatic carbocycles. The first kappa shape index (κ1) is 13.2. The molecule has 0 atom stereocenters. The molecular formula is C10H15N3O4. The summed E-state index contributed by atoms with van der Waals surface area (Å²) in [6.45, 7) is 1.15. The number of hydrogen-bond acceptors (Lipinski definition) is 5. The van der Waals surface area contributed by atoms with Gasteiger partial charge < -0.3 is 15.5 Å². The number of nitrogens with zero attached hydrogens (tertiary/aromatic N) is 1. The smallest absolute Gasteiger partial charge is 0.404 e. The van der Waals surface area contributed by atoms with Crippen molar-refractivity contribution >= 4 is 11.8 Å². The van der Waals surface area contributed by atoms with Gasteiger partial charge in [-0.2, -0.15) is 0 Å². The van der Waals surface area contributed by atoms with E-state index in [1.54, 1.807) is 6.07 Å². The molecule has 94 valence electrons. The summed E-state index contributed by atoms with van der Waals surface area (Å²) in [5.74, 6) is -0.0335. The van der Waals surface area contributed by atoms with E-state index in [0.717, 1.165) is 12.8 Å². The highest BCUT2D eigenvalue weighted by molar-refractivity contribution is 5.73. The van der Waals surface area contributed by atoms with Crippen LogP contribution in [-0.4, -0.2) is 17.4 Å². The van der Waals surface area contributed by atoms with Crippen LogP contribution in [0.3, 0.4) is 0 Å². The summed E-state index contributed by atoms with van der Waals surface area (Å²) >= 11 is 0. The third-order valence-electron chi connectivity index (χ3n) is 2.15. The third kappa shape index (κ3) is 5.12. The zero-order valence-electron chi connectivity index (χ0n) is 9.35. The molecule has 0 saturated heterocycles. The number of primary amides is 1. The Bertz CT molecular complexity index is 389. The fourth-order valence-corrected chi connectivity index (χ4v) is 1.32. The van der Waals surface area contributed by atoms with Gasteiger partial charge in [0, 0.05) is 6.42 Å². The molecule has 1 aromatic heterocycles. The highest BCUT2D eigenvalue weighted by Crippen LogP contribution is 2.15. The second-order valence-electron chi connectivity index (χ2n) is 3.60. The van der Waals surface area contributed by atoms with Crippen molar-refractivity contribution in [3.8, 4) is 0 Å². The van der Waals surface area contributed by atoms with Crippen LogP contribution in [0, 0.1) is 10.1 Å². The zero-order valence-corrected chi connectivity index (χ0v) is 9.35. The minimum atomic E-state index is -0.573. The van der Waals surface area contributed by atoms with E-state index in [1.807, 2.05) is 0 Å². The molecule has 0 aromatic carbocycles. The molecule has 0 radical (unpaired) electrons. The van der Waals surface area contributed by atoms with Gasteiger partial charge in [0.05, 0.1) is 12.6 Å². The fraction of sp³-hybridized carbons (Fsp3) is 0.500. The average Bonchev–Trinajstić information content (AvgIpc) is 2.71. The van der Waals surface area contributed by atoms with E-state index in [2.05, 4.69) is 5.32 Å². The predicted octanol–water partition coefficient (Wildman–Crippen LogP) is 0.933. The number of unbranched alkanes of at least 4 members (excludes halogenated alkanes) is 1. The predicted molar refractivity (Wildman–Crippen MR) is 60.1 cm³/mol. The molecule has 1 amide bonds. The number of nitrogens with two attached hydrogens (primary N) is 1. The standard InChI is InChI=1S/C10H15N3O4/c11-9(14)3-1-2-6-12-7-8-4-5-10(17-8)13(15)16/h4-5,12H,1-3,6-7H2,(H2,11,14). The molecule has 0 fully saturated rings. The Kier molecular flexibility index (Phi) is 5.15. The largest absolute Gasteiger partial charge is 0.433 e. The van der Waals surface area contributed by atoms with Crippen molar-refractivity contribution in [1.82, 2.24) is 5.32 Å². The van der Waals surface area contributed by atoms with Gasteiger partial charge >= 0.3 is 5.88 Å². The lowest BCUT2D eigenvalue weighted by Gasteiger charge is -2.01. The van der Waals surface area contributed by atoms with Crippen LogP contribution in [0.25, 0.3) is 0 Å². The summed E-state index contributed by atoms with van der Waals surface area (Å²) in [5, 5.41) is 13.4. The Hall–Kier alpha value is -1.89. The second kappa shape index (κ2) is 6.64. The highest BCUT2D eigenvalue weighted by Gasteiger charge is 2.10. The van der Waals surface area contributed by atoms with E-state index < -0.39 is 4.92 Å². The van der Waals surface area contributed by atoms with Gasteiger partial charge in [0.15, 0.2) is 0 Å². The Balaban J connectivity index is 2.13. The maximum absolute atomic E-state index is 10.4. The highest BCUT2D eigenvalue weighted by atomic mass is 16.6. The Morgan fingerprint density at radius 3 is 2.82 bits per heavy atom. The van der Waals surface area contributed by atoms with E-state index >= 15 is 0 Å². The van der Waals surface area contributed by atoms with Gasteiger partial charge in [-0.1, -0.05) is 0 Å². The van der Waals surface area contributed by atoms with Gasteiger partial charge in [-0.15, -0.1) is 0 Å². The summed E-state index contributed by atoms with van der Waals surface area (Å²) in [4.78, 5) is 20.2. The van der Waals surface area contributed by atoms with Crippen LogP contribution >= 0.6 is 0 Å². The average molecular weight is 241 g/mol. The first-order valence-electron chi connectivity index (χ1n) is 5.31. The van der Waals surface area contributed by atoms with Gasteiger partial charge in [0.25, 0.3) is 0 Å². The van der Waals surface area contributed by atoms with Crippen molar-refractivity contribution in [3.63, 3.8) is 0 Å². The first-order chi connectivity index (χ1) is 8.09. The number of carbonyl (C=O) groups is 1. The van der Waals surface area contributed by atoms with Crippen molar-refractivity contribution in [2.75, 3.05) is 6.54 Å². The van der Waals surface area contributed by atoms with Crippen LogP contribution in [-0.2, 0) is 11.3 Å². The topological polar surface area (TPSA) is 111 Å². The Morgan fingerprint density at radius 2 is 2.24 bits per heavy atom. The number of nitro groups is 1. The minimum absolute atomic E-state index is 0.254. The van der Waals surface area contributed by atoms with Crippen LogP contribution in [0.1, 0.15) is 25.0 Å². The molecule has 0 bridgehead atoms. The van der Waals surface area contributed by atoms with Crippen molar-refractivity contribution < 1.29 is 14.1 Å². The summed E-state index contributed by atoms with van der Waals surface area (Å²) in [7, 11) is 0. The monoisotopic (exact) mass is 241 g/mol. The maximum atomic E-state index is 10.4. The molecule has 0 aliphatic rings. The van der Waals surface area contributed by atoms with Crippen LogP contribution in [0.4, 0.5) is 5.88 Å². The first-order valence-corrected chi connectivity index (χ1v) is 5.31. The molecule has 1 aromatic rings. The normalized spacial score (nSPS) is 10.4. The number of hydrogen-bond donors (Lipinski definition) is 2. The van der Waals surface area contributed by atoms with Crippen molar-refractivity contribution in [2.24, 2.45) is 5.73 Å². The summed E-state index contributed by atoms with van der Waals surface area (Å²) in [6, 6.07) is 2.89. The molecule has 7 heteroatoms. The van der Waals surface area contributed by atoms with E-state index in [9.17, 15) is 14.9 Å². The maximum Gasteiger partial charge on any atom is 0.433 e. The number of nitrogens with one attached hydrogen (secondary N) is 1. The molecule has 7 nitrogen and oxygen atoms in total. The number of rotatable bonds is 8. The van der Waals surface area contributed by atoms with Crippen LogP contribution in [0.2, 0.25) is 0 Å². The number of amides is 1. The molecule has 17 heavy (non-hydrogen) atoms. The lowest BCUT2D eigenvalue weighted by atomic mass is 10.2. The van der Waals surface area contributed by atoms with Crippen molar-refractivity contribution in [3.05, 3.63) is 28.0 Å². The van der Waals surface area contributed by atoms with Gasteiger partial charge in [-0.3, -0.25) is 14.9 Å². The quantitative estimate of drug-likeness (QED) is 0.399. The molecule has 0 aliphatic heterocycles. The number of furan rings is 1. The van der Waals surface area contributed by atoms with E-state index in [0.29, 0.717) is 25.3 Å². The Morgan fingerprint density at radius 1 is 1.47 bits per heavy atom. The Labute approximate surface area is 98.1 Å². The lowest BCUT2D eigenvalue weighted by molar-refractivity contribution is -0.402. The molecule has 3 N–H and O–H groups in total. The van der Waals surface area contributed by atoms with E-state index in [-0.39, 0.29) is 11.8 Å². The SMILES string of the molecule is NC(=O)CCCCNCc1ccc([N+](=O)[O-])o1. The molecule has 1 heterocycles. The molecule has 1 rings (SSSR count). The summed E-state index contributed by atoms with van der Waals surface area (Å²) in [6.07, 6.45) is 1.94. The van der Waals surface area contributed by atoms with Crippen molar-refractivity contribution in [1.29, 1.82) is 0 Å².